The Morgan fingerprint density at radius 1 is 1.10 bits per heavy atom. The molecule has 0 fully saturated rings. The summed E-state index contributed by atoms with van der Waals surface area (Å²) in [5.74, 6) is 0.455. The lowest BCUT2D eigenvalue weighted by Gasteiger charge is -2.08. The van der Waals surface area contributed by atoms with Crippen LogP contribution in [0.1, 0.15) is 11.1 Å². The Morgan fingerprint density at radius 2 is 1.75 bits per heavy atom. The number of nitrogens with two attached hydrogens (primary N) is 1. The average Bonchev–Trinajstić information content (AvgIpc) is 2.37. The summed E-state index contributed by atoms with van der Waals surface area (Å²) in [6.07, 6.45) is 0. The normalized spacial score (nSPS) is 11.3. The largest absolute Gasteiger partial charge is 0.497 e. The van der Waals surface area contributed by atoms with E-state index in [-0.39, 0.29) is 5.75 Å². The number of hydrogen-bond acceptors (Lipinski definition) is 4. The summed E-state index contributed by atoms with van der Waals surface area (Å²) < 4.78 is 29.8. The highest BCUT2D eigenvalue weighted by atomic mass is 32.2. The van der Waals surface area contributed by atoms with E-state index in [0.717, 1.165) is 5.56 Å². The zero-order chi connectivity index (χ0) is 14.8. The van der Waals surface area contributed by atoms with Crippen LogP contribution in [-0.2, 0) is 15.6 Å². The van der Waals surface area contributed by atoms with Crippen LogP contribution < -0.4 is 10.5 Å². The second-order valence-corrected chi connectivity index (χ2v) is 6.68. The van der Waals surface area contributed by atoms with Crippen LogP contribution in [-0.4, -0.2) is 15.5 Å². The standard InChI is InChI=1S/C15H17NO3S/c1-11-3-5-15(6-4-11)20(17,18)10-12-7-13(16)9-14(8-12)19-2/h3-9H,10,16H2,1-2H3. The van der Waals surface area contributed by atoms with Crippen LogP contribution in [0.5, 0.6) is 5.75 Å². The molecular formula is C15H17NO3S. The van der Waals surface area contributed by atoms with Gasteiger partial charge in [-0.2, -0.15) is 0 Å². The third kappa shape index (κ3) is 3.30. The fourth-order valence-electron chi connectivity index (χ4n) is 1.94. The van der Waals surface area contributed by atoms with Gasteiger partial charge in [0.15, 0.2) is 9.84 Å². The smallest absolute Gasteiger partial charge is 0.182 e. The van der Waals surface area contributed by atoms with Crippen LogP contribution in [0.3, 0.4) is 0 Å². The number of aryl methyl sites for hydroxylation is 1. The lowest BCUT2D eigenvalue weighted by molar-refractivity contribution is 0.414. The summed E-state index contributed by atoms with van der Waals surface area (Å²) in [4.78, 5) is 0.310. The van der Waals surface area contributed by atoms with E-state index >= 15 is 0 Å². The van der Waals surface area contributed by atoms with Crippen molar-refractivity contribution in [3.05, 3.63) is 53.6 Å². The average molecular weight is 291 g/mol. The maximum Gasteiger partial charge on any atom is 0.182 e. The number of ether oxygens (including phenoxy) is 1. The van der Waals surface area contributed by atoms with Gasteiger partial charge in [0.25, 0.3) is 0 Å². The summed E-state index contributed by atoms with van der Waals surface area (Å²) in [6.45, 7) is 1.92. The molecule has 0 heterocycles. The zero-order valence-electron chi connectivity index (χ0n) is 11.5. The first-order valence-corrected chi connectivity index (χ1v) is 7.79. The SMILES string of the molecule is COc1cc(N)cc(CS(=O)(=O)c2ccc(C)cc2)c1. The van der Waals surface area contributed by atoms with Crippen LogP contribution in [0, 0.1) is 6.92 Å². The summed E-state index contributed by atoms with van der Waals surface area (Å²) in [5.41, 5.74) is 7.86. The first-order chi connectivity index (χ1) is 9.40. The minimum atomic E-state index is -3.38. The molecule has 0 aliphatic carbocycles. The van der Waals surface area contributed by atoms with E-state index in [9.17, 15) is 8.42 Å². The maximum absolute atomic E-state index is 12.3. The second-order valence-electron chi connectivity index (χ2n) is 4.69. The van der Waals surface area contributed by atoms with Crippen molar-refractivity contribution in [2.24, 2.45) is 0 Å². The van der Waals surface area contributed by atoms with Gasteiger partial charge in [0.1, 0.15) is 5.75 Å². The molecule has 4 nitrogen and oxygen atoms in total. The highest BCUT2D eigenvalue weighted by Crippen LogP contribution is 2.23. The van der Waals surface area contributed by atoms with E-state index in [0.29, 0.717) is 21.9 Å². The Labute approximate surface area is 119 Å². The van der Waals surface area contributed by atoms with Crippen molar-refractivity contribution < 1.29 is 13.2 Å². The molecule has 5 heteroatoms. The molecule has 0 bridgehead atoms. The summed E-state index contributed by atoms with van der Waals surface area (Å²) in [6, 6.07) is 11.8. The highest BCUT2D eigenvalue weighted by molar-refractivity contribution is 7.90. The fourth-order valence-corrected chi connectivity index (χ4v) is 3.26. The van der Waals surface area contributed by atoms with Crippen LogP contribution in [0.25, 0.3) is 0 Å². The van der Waals surface area contributed by atoms with Crippen molar-refractivity contribution >= 4 is 15.5 Å². The number of rotatable bonds is 4. The molecule has 106 valence electrons. The van der Waals surface area contributed by atoms with E-state index in [4.69, 9.17) is 10.5 Å². The topological polar surface area (TPSA) is 69.4 Å². The van der Waals surface area contributed by atoms with Gasteiger partial charge in [-0.3, -0.25) is 0 Å². The van der Waals surface area contributed by atoms with Crippen molar-refractivity contribution in [1.29, 1.82) is 0 Å². The van der Waals surface area contributed by atoms with E-state index in [1.54, 1.807) is 42.5 Å². The minimum absolute atomic E-state index is 0.0997. The number of anilines is 1. The van der Waals surface area contributed by atoms with E-state index in [2.05, 4.69) is 0 Å². The molecule has 0 spiro atoms. The maximum atomic E-state index is 12.3. The molecule has 0 saturated carbocycles. The zero-order valence-corrected chi connectivity index (χ0v) is 12.3. The third-order valence-electron chi connectivity index (χ3n) is 2.96. The number of sulfone groups is 1. The molecule has 0 aliphatic heterocycles. The van der Waals surface area contributed by atoms with Crippen LogP contribution in [0.15, 0.2) is 47.4 Å². The van der Waals surface area contributed by atoms with Gasteiger partial charge in [0.05, 0.1) is 17.8 Å². The summed E-state index contributed by atoms with van der Waals surface area (Å²) in [5, 5.41) is 0. The molecule has 0 radical (unpaired) electrons. The van der Waals surface area contributed by atoms with Gasteiger partial charge in [-0.1, -0.05) is 17.7 Å². The molecule has 0 saturated heterocycles. The Balaban J connectivity index is 2.33. The second kappa shape index (κ2) is 5.54. The first-order valence-electron chi connectivity index (χ1n) is 6.13. The lowest BCUT2D eigenvalue weighted by Crippen LogP contribution is -2.05. The quantitative estimate of drug-likeness (QED) is 0.879. The van der Waals surface area contributed by atoms with Gasteiger partial charge in [-0.25, -0.2) is 8.42 Å². The number of methoxy groups -OCH3 is 1. The number of nitrogen functional groups attached to an aromatic ring is 1. The van der Waals surface area contributed by atoms with Crippen molar-refractivity contribution in [1.82, 2.24) is 0 Å². The monoisotopic (exact) mass is 291 g/mol. The van der Waals surface area contributed by atoms with Crippen LogP contribution >= 0.6 is 0 Å². The molecule has 2 aromatic rings. The van der Waals surface area contributed by atoms with Crippen molar-refractivity contribution in [2.45, 2.75) is 17.6 Å². The van der Waals surface area contributed by atoms with Crippen molar-refractivity contribution in [3.63, 3.8) is 0 Å². The van der Waals surface area contributed by atoms with E-state index in [1.807, 2.05) is 6.92 Å². The Kier molecular flexibility index (Phi) is 3.99. The van der Waals surface area contributed by atoms with Gasteiger partial charge in [0, 0.05) is 11.8 Å². The Bertz CT molecular complexity index is 706. The third-order valence-corrected chi connectivity index (χ3v) is 4.66. The first kappa shape index (κ1) is 14.4. The van der Waals surface area contributed by atoms with Crippen molar-refractivity contribution in [3.8, 4) is 5.75 Å². The van der Waals surface area contributed by atoms with Gasteiger partial charge in [-0.15, -0.1) is 0 Å². The highest BCUT2D eigenvalue weighted by Gasteiger charge is 2.16. The van der Waals surface area contributed by atoms with E-state index < -0.39 is 9.84 Å². The molecular weight excluding hydrogens is 274 g/mol. The fraction of sp³-hybridized carbons (Fsp3) is 0.200. The van der Waals surface area contributed by atoms with E-state index in [1.165, 1.54) is 7.11 Å². The summed E-state index contributed by atoms with van der Waals surface area (Å²) in [7, 11) is -1.86. The lowest BCUT2D eigenvalue weighted by atomic mass is 10.2. The number of benzene rings is 2. The van der Waals surface area contributed by atoms with Crippen LogP contribution in [0.4, 0.5) is 5.69 Å². The van der Waals surface area contributed by atoms with Gasteiger partial charge in [-0.05, 0) is 36.8 Å². The molecule has 0 aliphatic rings. The predicted molar refractivity (Wildman–Crippen MR) is 79.5 cm³/mol. The molecule has 2 N–H and O–H groups in total. The van der Waals surface area contributed by atoms with Gasteiger partial charge >= 0.3 is 0 Å². The van der Waals surface area contributed by atoms with Crippen LogP contribution in [0.2, 0.25) is 0 Å². The molecule has 0 aromatic heterocycles. The molecule has 2 aromatic carbocycles. The van der Waals surface area contributed by atoms with Gasteiger partial charge in [0.2, 0.25) is 0 Å². The predicted octanol–water partition coefficient (Wildman–Crippen LogP) is 2.56. The van der Waals surface area contributed by atoms with Gasteiger partial charge < -0.3 is 10.5 Å². The van der Waals surface area contributed by atoms with Crippen molar-refractivity contribution in [2.75, 3.05) is 12.8 Å². The molecule has 20 heavy (non-hydrogen) atoms. The molecule has 0 atom stereocenters. The number of hydrogen-bond donors (Lipinski definition) is 1. The molecule has 2 rings (SSSR count). The Hall–Kier alpha value is -2.01. The summed E-state index contributed by atoms with van der Waals surface area (Å²) >= 11 is 0. The Morgan fingerprint density at radius 3 is 2.35 bits per heavy atom. The minimum Gasteiger partial charge on any atom is -0.497 e. The molecule has 0 unspecified atom stereocenters. The molecule has 0 amide bonds.